The minimum absolute atomic E-state index is 0.180. The largest absolute Gasteiger partial charge is 0.399 e. The highest BCUT2D eigenvalue weighted by Gasteiger charge is 2.67. The lowest BCUT2D eigenvalue weighted by molar-refractivity contribution is -0.329. The first kappa shape index (κ1) is 23.8. The standard InChI is InChI=1S/C24H26ClNO7/c1-31-26-10-2-3-15-4-6-16(7-5-15)11-17-12-18(8-9-19(17)25)24-22(30)20(28)21(29)23(13-27,33-24)14-32-24/h2-10,12,20-22,27-30H,11,13-14H2,1H3/t20-,21-,22+,23-,24-/m0/s1. The van der Waals surface area contributed by atoms with Gasteiger partial charge < -0.3 is 34.7 Å². The van der Waals surface area contributed by atoms with E-state index in [0.717, 1.165) is 16.7 Å². The lowest BCUT2D eigenvalue weighted by Gasteiger charge is -2.46. The molecule has 0 aliphatic carbocycles. The molecule has 8 nitrogen and oxygen atoms in total. The Morgan fingerprint density at radius 1 is 1.15 bits per heavy atom. The Balaban J connectivity index is 1.59. The molecule has 2 fully saturated rings. The molecule has 0 amide bonds. The number of ether oxygens (including phenoxy) is 2. The number of aliphatic hydroxyl groups is 4. The third kappa shape index (κ3) is 4.31. The first-order valence-corrected chi connectivity index (χ1v) is 10.8. The fraction of sp³-hybridized carbons (Fsp3) is 0.375. The molecule has 2 aliphatic rings. The van der Waals surface area contributed by atoms with Crippen molar-refractivity contribution in [2.45, 2.75) is 36.1 Å². The van der Waals surface area contributed by atoms with Crippen LogP contribution in [-0.2, 0) is 26.5 Å². The van der Waals surface area contributed by atoms with Crippen LogP contribution < -0.4 is 0 Å². The molecule has 4 N–H and O–H groups in total. The fourth-order valence-corrected chi connectivity index (χ4v) is 4.40. The second kappa shape index (κ2) is 9.52. The average Bonchev–Trinajstić information content (AvgIpc) is 3.22. The maximum atomic E-state index is 10.7. The van der Waals surface area contributed by atoms with Gasteiger partial charge >= 0.3 is 0 Å². The van der Waals surface area contributed by atoms with E-state index in [4.69, 9.17) is 21.1 Å². The number of rotatable bonds is 7. The topological polar surface area (TPSA) is 121 Å². The second-order valence-corrected chi connectivity index (χ2v) is 8.59. The summed E-state index contributed by atoms with van der Waals surface area (Å²) in [5.74, 6) is -1.72. The quantitative estimate of drug-likeness (QED) is 0.354. The molecule has 9 heteroatoms. The molecule has 176 valence electrons. The molecule has 0 saturated carbocycles. The lowest BCUT2D eigenvalue weighted by Crippen LogP contribution is -2.65. The number of halogens is 1. The van der Waals surface area contributed by atoms with Crippen LogP contribution in [0.4, 0.5) is 0 Å². The average molecular weight is 476 g/mol. The van der Waals surface area contributed by atoms with Gasteiger partial charge in [0, 0.05) is 10.6 Å². The first-order valence-electron chi connectivity index (χ1n) is 10.5. The zero-order valence-corrected chi connectivity index (χ0v) is 18.7. The fourth-order valence-electron chi connectivity index (χ4n) is 4.22. The highest BCUT2D eigenvalue weighted by Crippen LogP contribution is 2.49. The van der Waals surface area contributed by atoms with E-state index >= 15 is 0 Å². The molecule has 2 aromatic carbocycles. The number of benzene rings is 2. The normalized spacial score (nSPS) is 31.5. The van der Waals surface area contributed by atoms with Crippen LogP contribution in [0.3, 0.4) is 0 Å². The van der Waals surface area contributed by atoms with Crippen molar-refractivity contribution in [3.63, 3.8) is 0 Å². The molecule has 2 saturated heterocycles. The van der Waals surface area contributed by atoms with Gasteiger partial charge in [0.05, 0.1) is 19.4 Å². The van der Waals surface area contributed by atoms with E-state index in [0.29, 0.717) is 17.0 Å². The van der Waals surface area contributed by atoms with Crippen molar-refractivity contribution in [2.24, 2.45) is 5.16 Å². The minimum atomic E-state index is -1.72. The van der Waals surface area contributed by atoms with Gasteiger partial charge in [0.25, 0.3) is 0 Å². The predicted molar refractivity (Wildman–Crippen MR) is 122 cm³/mol. The highest BCUT2D eigenvalue weighted by molar-refractivity contribution is 6.31. The van der Waals surface area contributed by atoms with Gasteiger partial charge in [-0.1, -0.05) is 53.2 Å². The zero-order valence-electron chi connectivity index (χ0n) is 18.0. The molecule has 5 atom stereocenters. The number of aliphatic hydroxyl groups excluding tert-OH is 4. The van der Waals surface area contributed by atoms with E-state index in [-0.39, 0.29) is 6.61 Å². The summed E-state index contributed by atoms with van der Waals surface area (Å²) in [6.45, 7) is -0.751. The summed E-state index contributed by atoms with van der Waals surface area (Å²) in [5, 5.41) is 45.4. The summed E-state index contributed by atoms with van der Waals surface area (Å²) in [4.78, 5) is 4.61. The number of allylic oxidation sites excluding steroid dienone is 1. The lowest BCUT2D eigenvalue weighted by atomic mass is 9.83. The van der Waals surface area contributed by atoms with Gasteiger partial charge in [-0.2, -0.15) is 0 Å². The van der Waals surface area contributed by atoms with E-state index in [1.165, 1.54) is 7.11 Å². The number of hydrogen-bond acceptors (Lipinski definition) is 8. The molecule has 0 unspecified atom stereocenters. The van der Waals surface area contributed by atoms with Crippen LogP contribution in [0.25, 0.3) is 6.08 Å². The SMILES string of the molecule is CON=CC=Cc1ccc(Cc2cc([C@]34OC[C@](CO)(O3)[C@@H](O)[C@H](O)[C@H]4O)ccc2Cl)cc1. The van der Waals surface area contributed by atoms with Gasteiger partial charge in [0.1, 0.15) is 31.0 Å². The Labute approximate surface area is 196 Å². The zero-order chi connectivity index (χ0) is 23.6. The molecular weight excluding hydrogens is 450 g/mol. The Kier molecular flexibility index (Phi) is 6.88. The Hall–Kier alpha value is -2.30. The monoisotopic (exact) mass is 475 g/mol. The van der Waals surface area contributed by atoms with E-state index in [1.54, 1.807) is 30.5 Å². The molecular formula is C24H26ClNO7. The number of fused-ring (bicyclic) bond motifs is 2. The van der Waals surface area contributed by atoms with Gasteiger partial charge in [0.15, 0.2) is 0 Å². The molecule has 2 aromatic rings. The Bertz CT molecular complexity index is 1040. The molecule has 33 heavy (non-hydrogen) atoms. The van der Waals surface area contributed by atoms with Crippen molar-refractivity contribution in [1.82, 2.24) is 0 Å². The molecule has 0 spiro atoms. The smallest absolute Gasteiger partial charge is 0.225 e. The minimum Gasteiger partial charge on any atom is -0.399 e. The first-order chi connectivity index (χ1) is 15.8. The summed E-state index contributed by atoms with van der Waals surface area (Å²) in [6, 6.07) is 12.9. The van der Waals surface area contributed by atoms with E-state index in [2.05, 4.69) is 9.99 Å². The Morgan fingerprint density at radius 2 is 1.91 bits per heavy atom. The molecule has 0 aromatic heterocycles. The van der Waals surface area contributed by atoms with Crippen LogP contribution in [0, 0.1) is 0 Å². The summed E-state index contributed by atoms with van der Waals surface area (Å²) in [6.07, 6.45) is 1.11. The van der Waals surface area contributed by atoms with Crippen LogP contribution in [0.15, 0.2) is 53.7 Å². The third-order valence-corrected chi connectivity index (χ3v) is 6.46. The van der Waals surface area contributed by atoms with Gasteiger partial charge in [-0.25, -0.2) is 0 Å². The van der Waals surface area contributed by atoms with Crippen molar-refractivity contribution in [3.05, 3.63) is 75.8 Å². The van der Waals surface area contributed by atoms with Gasteiger partial charge in [-0.05, 0) is 41.3 Å². The number of nitrogens with zero attached hydrogens (tertiary/aromatic N) is 1. The maximum absolute atomic E-state index is 10.7. The molecule has 2 heterocycles. The summed E-state index contributed by atoms with van der Waals surface area (Å²) >= 11 is 6.45. The molecule has 2 bridgehead atoms. The second-order valence-electron chi connectivity index (χ2n) is 8.18. The van der Waals surface area contributed by atoms with Gasteiger partial charge in [-0.15, -0.1) is 0 Å². The molecule has 0 radical (unpaired) electrons. The van der Waals surface area contributed by atoms with Crippen molar-refractivity contribution in [2.75, 3.05) is 20.3 Å². The van der Waals surface area contributed by atoms with Crippen LogP contribution in [0.2, 0.25) is 5.02 Å². The van der Waals surface area contributed by atoms with Gasteiger partial charge in [-0.3, -0.25) is 0 Å². The van der Waals surface area contributed by atoms with Gasteiger partial charge in [0.2, 0.25) is 5.79 Å². The van der Waals surface area contributed by atoms with Crippen LogP contribution in [0.5, 0.6) is 0 Å². The number of oxime groups is 1. The highest BCUT2D eigenvalue weighted by atomic mass is 35.5. The van der Waals surface area contributed by atoms with Crippen LogP contribution in [-0.4, -0.2) is 70.9 Å². The van der Waals surface area contributed by atoms with Crippen molar-refractivity contribution in [1.29, 1.82) is 0 Å². The summed E-state index contributed by atoms with van der Waals surface area (Å²) < 4.78 is 11.7. The van der Waals surface area contributed by atoms with Crippen molar-refractivity contribution >= 4 is 23.9 Å². The molecule has 4 rings (SSSR count). The third-order valence-electron chi connectivity index (χ3n) is 6.09. The van der Waals surface area contributed by atoms with E-state index in [9.17, 15) is 20.4 Å². The molecule has 2 aliphatic heterocycles. The maximum Gasteiger partial charge on any atom is 0.225 e. The van der Waals surface area contributed by atoms with Crippen molar-refractivity contribution < 1.29 is 34.7 Å². The predicted octanol–water partition coefficient (Wildman–Crippen LogP) is 1.60. The van der Waals surface area contributed by atoms with Crippen molar-refractivity contribution in [3.8, 4) is 0 Å². The Morgan fingerprint density at radius 3 is 2.61 bits per heavy atom. The summed E-state index contributed by atoms with van der Waals surface area (Å²) in [7, 11) is 1.48. The van der Waals surface area contributed by atoms with Crippen LogP contribution in [0.1, 0.15) is 22.3 Å². The summed E-state index contributed by atoms with van der Waals surface area (Å²) in [5.41, 5.74) is 1.68. The number of hydrogen-bond donors (Lipinski definition) is 4. The van der Waals surface area contributed by atoms with Crippen LogP contribution >= 0.6 is 11.6 Å². The van der Waals surface area contributed by atoms with E-state index < -0.39 is 36.3 Å². The van der Waals surface area contributed by atoms with E-state index in [1.807, 2.05) is 30.3 Å².